The quantitative estimate of drug-likeness (QED) is 0.801. The number of hydrogen-bond donors (Lipinski definition) is 0. The van der Waals surface area contributed by atoms with Gasteiger partial charge in [-0.15, -0.1) is 0 Å². The zero-order chi connectivity index (χ0) is 15.1. The highest BCUT2D eigenvalue weighted by atomic mass is 15.4. The minimum Gasteiger partial charge on any atom is -0.354 e. The molecule has 2 fully saturated rings. The molecule has 2 aliphatic rings. The predicted molar refractivity (Wildman–Crippen MR) is 91.0 cm³/mol. The van der Waals surface area contributed by atoms with E-state index in [-0.39, 0.29) is 0 Å². The van der Waals surface area contributed by atoms with Gasteiger partial charge in [0, 0.05) is 24.8 Å². The van der Waals surface area contributed by atoms with E-state index in [1.807, 2.05) is 0 Å². The molecule has 1 aliphatic carbocycles. The topological polar surface area (TPSA) is 6.48 Å². The molecule has 1 aromatic carbocycles. The van der Waals surface area contributed by atoms with Crippen molar-refractivity contribution in [3.8, 4) is 0 Å². The summed E-state index contributed by atoms with van der Waals surface area (Å²) in [5, 5.41) is 0. The van der Waals surface area contributed by atoms with Gasteiger partial charge in [0.05, 0.1) is 6.17 Å². The summed E-state index contributed by atoms with van der Waals surface area (Å²) in [5.74, 6) is 0.916. The van der Waals surface area contributed by atoms with Gasteiger partial charge in [-0.25, -0.2) is 0 Å². The lowest BCUT2D eigenvalue weighted by molar-refractivity contribution is 0.190. The van der Waals surface area contributed by atoms with Crippen LogP contribution in [0.15, 0.2) is 12.1 Å². The second-order valence-corrected chi connectivity index (χ2v) is 7.38. The van der Waals surface area contributed by atoms with Crippen molar-refractivity contribution in [1.29, 1.82) is 0 Å². The molecule has 0 bridgehead atoms. The van der Waals surface area contributed by atoms with Gasteiger partial charge in [0.15, 0.2) is 0 Å². The van der Waals surface area contributed by atoms with Gasteiger partial charge >= 0.3 is 0 Å². The van der Waals surface area contributed by atoms with Crippen molar-refractivity contribution in [3.05, 3.63) is 28.8 Å². The van der Waals surface area contributed by atoms with Crippen LogP contribution in [0.1, 0.15) is 49.8 Å². The number of aryl methyl sites for hydroxylation is 3. The Hall–Kier alpha value is -1.02. The van der Waals surface area contributed by atoms with E-state index in [9.17, 15) is 0 Å². The molecular weight excluding hydrogens is 256 g/mol. The molecule has 1 aromatic rings. The first-order chi connectivity index (χ1) is 9.97. The number of rotatable bonds is 2. The summed E-state index contributed by atoms with van der Waals surface area (Å²) in [4.78, 5) is 5.38. The average molecular weight is 286 g/mol. The van der Waals surface area contributed by atoms with Crippen molar-refractivity contribution in [2.45, 2.75) is 66.1 Å². The van der Waals surface area contributed by atoms with Gasteiger partial charge < -0.3 is 4.90 Å². The van der Waals surface area contributed by atoms with E-state index in [4.69, 9.17) is 0 Å². The van der Waals surface area contributed by atoms with Gasteiger partial charge in [-0.3, -0.25) is 4.90 Å². The molecule has 1 heterocycles. The molecule has 21 heavy (non-hydrogen) atoms. The third-order valence-corrected chi connectivity index (χ3v) is 5.59. The van der Waals surface area contributed by atoms with E-state index < -0.39 is 0 Å². The van der Waals surface area contributed by atoms with Crippen LogP contribution >= 0.6 is 0 Å². The fraction of sp³-hybridized carbons (Fsp3) is 0.684. The molecule has 116 valence electrons. The largest absolute Gasteiger partial charge is 0.354 e. The van der Waals surface area contributed by atoms with Crippen molar-refractivity contribution in [2.24, 2.45) is 5.92 Å². The molecule has 0 spiro atoms. The van der Waals surface area contributed by atoms with Crippen LogP contribution in [-0.2, 0) is 0 Å². The summed E-state index contributed by atoms with van der Waals surface area (Å²) in [5.41, 5.74) is 5.71. The first-order valence-electron chi connectivity index (χ1n) is 8.57. The Kier molecular flexibility index (Phi) is 4.00. The van der Waals surface area contributed by atoms with Gasteiger partial charge in [0.1, 0.15) is 0 Å². The summed E-state index contributed by atoms with van der Waals surface area (Å²) in [7, 11) is 0. The summed E-state index contributed by atoms with van der Waals surface area (Å²) in [6, 6.07) is 5.47. The second kappa shape index (κ2) is 5.64. The first kappa shape index (κ1) is 14.9. The lowest BCUT2D eigenvalue weighted by atomic mass is 10.0. The molecular formula is C19H30N2. The Morgan fingerprint density at radius 3 is 2.19 bits per heavy atom. The number of anilines is 1. The molecule has 0 N–H and O–H groups in total. The third kappa shape index (κ3) is 2.70. The highest BCUT2D eigenvalue weighted by molar-refractivity contribution is 5.61. The number of hydrogen-bond acceptors (Lipinski definition) is 2. The van der Waals surface area contributed by atoms with E-state index >= 15 is 0 Å². The normalized spacial score (nSPS) is 30.3. The second-order valence-electron chi connectivity index (χ2n) is 7.38. The SMILES string of the molecule is Cc1cc(C)c(N2CCN(C3CCC(C)C3)C2C)c(C)c1. The molecule has 3 rings (SSSR count). The molecule has 2 heteroatoms. The van der Waals surface area contributed by atoms with Gasteiger partial charge in [-0.1, -0.05) is 24.6 Å². The monoisotopic (exact) mass is 286 g/mol. The van der Waals surface area contributed by atoms with Gasteiger partial charge in [0.25, 0.3) is 0 Å². The highest BCUT2D eigenvalue weighted by Crippen LogP contribution is 2.36. The van der Waals surface area contributed by atoms with Gasteiger partial charge in [-0.2, -0.15) is 0 Å². The molecule has 1 aliphatic heterocycles. The Bertz CT molecular complexity index is 499. The van der Waals surface area contributed by atoms with Crippen molar-refractivity contribution in [3.63, 3.8) is 0 Å². The standard InChI is InChI=1S/C19H30N2/c1-13-6-7-18(12-13)20-8-9-21(17(20)5)19-15(3)10-14(2)11-16(19)4/h10-11,13,17-18H,6-9,12H2,1-5H3. The Morgan fingerprint density at radius 2 is 1.62 bits per heavy atom. The number of nitrogens with zero attached hydrogens (tertiary/aromatic N) is 2. The molecule has 0 amide bonds. The molecule has 3 unspecified atom stereocenters. The van der Waals surface area contributed by atoms with E-state index in [0.717, 1.165) is 12.0 Å². The zero-order valence-corrected chi connectivity index (χ0v) is 14.3. The lowest BCUT2D eigenvalue weighted by Crippen LogP contribution is -2.41. The summed E-state index contributed by atoms with van der Waals surface area (Å²) in [6.45, 7) is 13.9. The maximum absolute atomic E-state index is 2.75. The lowest BCUT2D eigenvalue weighted by Gasteiger charge is -2.34. The van der Waals surface area contributed by atoms with E-state index in [0.29, 0.717) is 6.17 Å². The third-order valence-electron chi connectivity index (χ3n) is 5.59. The maximum atomic E-state index is 2.75. The summed E-state index contributed by atoms with van der Waals surface area (Å²) >= 11 is 0. The van der Waals surface area contributed by atoms with Gasteiger partial charge in [-0.05, 0) is 64.0 Å². The van der Waals surface area contributed by atoms with Crippen LogP contribution < -0.4 is 4.90 Å². The van der Waals surface area contributed by atoms with Crippen LogP contribution in [0.2, 0.25) is 0 Å². The molecule has 2 nitrogen and oxygen atoms in total. The van der Waals surface area contributed by atoms with E-state index in [1.165, 1.54) is 54.7 Å². The van der Waals surface area contributed by atoms with Crippen molar-refractivity contribution in [1.82, 2.24) is 4.90 Å². The molecule has 3 atom stereocenters. The summed E-state index contributed by atoms with van der Waals surface area (Å²) < 4.78 is 0. The van der Waals surface area contributed by atoms with Crippen molar-refractivity contribution in [2.75, 3.05) is 18.0 Å². The van der Waals surface area contributed by atoms with E-state index in [2.05, 4.69) is 56.6 Å². The smallest absolute Gasteiger partial charge is 0.0795 e. The van der Waals surface area contributed by atoms with Crippen LogP contribution in [0.4, 0.5) is 5.69 Å². The zero-order valence-electron chi connectivity index (χ0n) is 14.3. The first-order valence-corrected chi connectivity index (χ1v) is 8.57. The Morgan fingerprint density at radius 1 is 0.952 bits per heavy atom. The average Bonchev–Trinajstić information content (AvgIpc) is 2.96. The van der Waals surface area contributed by atoms with Crippen LogP contribution in [-0.4, -0.2) is 30.2 Å². The van der Waals surface area contributed by atoms with E-state index in [1.54, 1.807) is 0 Å². The minimum absolute atomic E-state index is 0.542. The maximum Gasteiger partial charge on any atom is 0.0795 e. The Labute approximate surface area is 130 Å². The highest BCUT2D eigenvalue weighted by Gasteiger charge is 2.37. The van der Waals surface area contributed by atoms with Crippen LogP contribution in [0, 0.1) is 26.7 Å². The summed E-state index contributed by atoms with van der Waals surface area (Å²) in [6.07, 6.45) is 4.74. The molecule has 1 saturated heterocycles. The van der Waals surface area contributed by atoms with Crippen LogP contribution in [0.25, 0.3) is 0 Å². The molecule has 0 radical (unpaired) electrons. The van der Waals surface area contributed by atoms with Crippen LogP contribution in [0.3, 0.4) is 0 Å². The fourth-order valence-corrected chi connectivity index (χ4v) is 4.67. The Balaban J connectivity index is 1.82. The van der Waals surface area contributed by atoms with Gasteiger partial charge in [0.2, 0.25) is 0 Å². The minimum atomic E-state index is 0.542. The predicted octanol–water partition coefficient (Wildman–Crippen LogP) is 4.27. The number of benzene rings is 1. The van der Waals surface area contributed by atoms with Crippen molar-refractivity contribution >= 4 is 5.69 Å². The fourth-order valence-electron chi connectivity index (χ4n) is 4.67. The molecule has 1 saturated carbocycles. The van der Waals surface area contributed by atoms with Crippen molar-refractivity contribution < 1.29 is 0 Å². The molecule has 0 aromatic heterocycles. The van der Waals surface area contributed by atoms with Crippen LogP contribution in [0.5, 0.6) is 0 Å².